The smallest absolute Gasteiger partial charge is 0.246 e. The normalized spacial score (nSPS) is 25.0. The molecule has 0 N–H and O–H groups in total. The van der Waals surface area contributed by atoms with E-state index in [4.69, 9.17) is 4.74 Å². The highest BCUT2D eigenvalue weighted by molar-refractivity contribution is 5.88. The first kappa shape index (κ1) is 17.0. The van der Waals surface area contributed by atoms with Gasteiger partial charge in [0, 0.05) is 51.9 Å². The van der Waals surface area contributed by atoms with E-state index in [9.17, 15) is 9.59 Å². The number of rotatable bonds is 5. The molecule has 0 radical (unpaired) electrons. The highest BCUT2D eigenvalue weighted by Crippen LogP contribution is 2.31. The fourth-order valence-electron chi connectivity index (χ4n) is 3.56. The molecule has 0 aromatic rings. The lowest BCUT2D eigenvalue weighted by Crippen LogP contribution is -2.57. The Morgan fingerprint density at radius 1 is 1.36 bits per heavy atom. The van der Waals surface area contributed by atoms with Gasteiger partial charge in [-0.05, 0) is 39.0 Å². The van der Waals surface area contributed by atoms with Crippen LogP contribution in [0.1, 0.15) is 39.5 Å². The highest BCUT2D eigenvalue weighted by atomic mass is 16.5. The van der Waals surface area contributed by atoms with Crippen LogP contribution in [0.4, 0.5) is 0 Å². The minimum Gasteiger partial charge on any atom is -0.385 e. The number of ether oxygens (including phenoxy) is 1. The molecule has 2 rings (SSSR count). The van der Waals surface area contributed by atoms with Gasteiger partial charge in [0.25, 0.3) is 0 Å². The Morgan fingerprint density at radius 2 is 2.14 bits per heavy atom. The molecular formula is C17H28N2O3. The van der Waals surface area contributed by atoms with Gasteiger partial charge < -0.3 is 14.5 Å². The van der Waals surface area contributed by atoms with Crippen LogP contribution in [0.3, 0.4) is 0 Å². The van der Waals surface area contributed by atoms with Gasteiger partial charge in [-0.3, -0.25) is 9.59 Å². The summed E-state index contributed by atoms with van der Waals surface area (Å²) in [5.41, 5.74) is 1.03. The number of carbonyl (C=O) groups is 2. The van der Waals surface area contributed by atoms with Gasteiger partial charge in [-0.1, -0.05) is 5.57 Å². The molecule has 22 heavy (non-hydrogen) atoms. The van der Waals surface area contributed by atoms with E-state index in [0.717, 1.165) is 44.5 Å². The number of amides is 2. The van der Waals surface area contributed by atoms with Gasteiger partial charge in [0.2, 0.25) is 11.8 Å². The summed E-state index contributed by atoms with van der Waals surface area (Å²) in [6.07, 6.45) is 5.00. The third-order valence-corrected chi connectivity index (χ3v) is 4.61. The second kappa shape index (κ2) is 7.77. The molecule has 2 saturated heterocycles. The molecule has 2 aliphatic heterocycles. The van der Waals surface area contributed by atoms with Crippen LogP contribution in [0, 0.1) is 5.92 Å². The minimum atomic E-state index is 0.112. The summed E-state index contributed by atoms with van der Waals surface area (Å²) in [6, 6.07) is 0.300. The van der Waals surface area contributed by atoms with Crippen LogP contribution in [0.25, 0.3) is 0 Å². The van der Waals surface area contributed by atoms with E-state index in [0.29, 0.717) is 25.0 Å². The van der Waals surface area contributed by atoms with Crippen LogP contribution in [0.2, 0.25) is 0 Å². The van der Waals surface area contributed by atoms with E-state index < -0.39 is 0 Å². The molecule has 2 heterocycles. The van der Waals surface area contributed by atoms with Crippen molar-refractivity contribution < 1.29 is 14.3 Å². The summed E-state index contributed by atoms with van der Waals surface area (Å²) in [7, 11) is 1.69. The number of likely N-dealkylation sites (tertiary alicyclic amines) is 2. The van der Waals surface area contributed by atoms with Crippen molar-refractivity contribution in [1.29, 1.82) is 0 Å². The van der Waals surface area contributed by atoms with E-state index in [2.05, 4.69) is 0 Å². The largest absolute Gasteiger partial charge is 0.385 e. The highest BCUT2D eigenvalue weighted by Gasteiger charge is 2.39. The van der Waals surface area contributed by atoms with Gasteiger partial charge in [0.15, 0.2) is 0 Å². The number of piperidine rings is 2. The van der Waals surface area contributed by atoms with E-state index >= 15 is 0 Å². The Kier molecular flexibility index (Phi) is 6.00. The van der Waals surface area contributed by atoms with E-state index in [-0.39, 0.29) is 11.8 Å². The Morgan fingerprint density at radius 3 is 2.82 bits per heavy atom. The topological polar surface area (TPSA) is 49.9 Å². The second-order valence-electron chi connectivity index (χ2n) is 6.59. The first-order valence-electron chi connectivity index (χ1n) is 8.25. The predicted octanol–water partition coefficient (Wildman–Crippen LogP) is 1.83. The maximum absolute atomic E-state index is 12.2. The summed E-state index contributed by atoms with van der Waals surface area (Å²) in [6.45, 7) is 6.88. The monoisotopic (exact) mass is 308 g/mol. The lowest BCUT2D eigenvalue weighted by Gasteiger charge is -2.47. The van der Waals surface area contributed by atoms with Gasteiger partial charge >= 0.3 is 0 Å². The van der Waals surface area contributed by atoms with Crippen molar-refractivity contribution in [2.45, 2.75) is 45.6 Å². The van der Waals surface area contributed by atoms with Gasteiger partial charge in [-0.2, -0.15) is 0 Å². The Hall–Kier alpha value is -1.36. The molecule has 0 aromatic heterocycles. The van der Waals surface area contributed by atoms with Crippen LogP contribution < -0.4 is 0 Å². The van der Waals surface area contributed by atoms with Gasteiger partial charge in [0.1, 0.15) is 0 Å². The fraction of sp³-hybridized carbons (Fsp3) is 0.765. The van der Waals surface area contributed by atoms with Crippen molar-refractivity contribution in [2.24, 2.45) is 5.92 Å². The molecular weight excluding hydrogens is 280 g/mol. The van der Waals surface area contributed by atoms with Crippen LogP contribution >= 0.6 is 0 Å². The zero-order chi connectivity index (χ0) is 16.1. The van der Waals surface area contributed by atoms with Crippen molar-refractivity contribution in [3.05, 3.63) is 11.6 Å². The van der Waals surface area contributed by atoms with Gasteiger partial charge in [0.05, 0.1) is 0 Å². The third-order valence-electron chi connectivity index (χ3n) is 4.61. The zero-order valence-electron chi connectivity index (χ0n) is 14.0. The standard InChI is InChI=1S/C17H28N2O3/c1-13(2)11-17(21)18-9-7-15-14(12-18)5-6-16(20)19(15)8-4-10-22-3/h11,14-15H,4-10,12H2,1-3H3. The number of fused-ring (bicyclic) bond motifs is 1. The predicted molar refractivity (Wildman–Crippen MR) is 85.3 cm³/mol. The number of hydrogen-bond donors (Lipinski definition) is 0. The van der Waals surface area contributed by atoms with E-state index in [1.807, 2.05) is 23.6 Å². The summed E-state index contributed by atoms with van der Waals surface area (Å²) in [4.78, 5) is 28.4. The molecule has 0 bridgehead atoms. The molecule has 0 saturated carbocycles. The van der Waals surface area contributed by atoms with Crippen molar-refractivity contribution >= 4 is 11.8 Å². The number of carbonyl (C=O) groups excluding carboxylic acids is 2. The number of allylic oxidation sites excluding steroid dienone is 1. The minimum absolute atomic E-state index is 0.112. The van der Waals surface area contributed by atoms with Crippen molar-refractivity contribution in [2.75, 3.05) is 33.4 Å². The van der Waals surface area contributed by atoms with Crippen LogP contribution in [-0.2, 0) is 14.3 Å². The van der Waals surface area contributed by atoms with Crippen LogP contribution in [0.5, 0.6) is 0 Å². The quantitative estimate of drug-likeness (QED) is 0.575. The average molecular weight is 308 g/mol. The average Bonchev–Trinajstić information content (AvgIpc) is 2.48. The lowest BCUT2D eigenvalue weighted by atomic mass is 9.83. The van der Waals surface area contributed by atoms with Crippen molar-refractivity contribution in [3.8, 4) is 0 Å². The first-order valence-corrected chi connectivity index (χ1v) is 8.25. The molecule has 5 nitrogen and oxygen atoms in total. The van der Waals surface area contributed by atoms with Crippen LogP contribution in [0.15, 0.2) is 11.6 Å². The number of hydrogen-bond acceptors (Lipinski definition) is 3. The number of nitrogens with zero attached hydrogens (tertiary/aromatic N) is 2. The summed E-state index contributed by atoms with van der Waals surface area (Å²) < 4.78 is 5.09. The van der Waals surface area contributed by atoms with Crippen molar-refractivity contribution in [1.82, 2.24) is 9.80 Å². The molecule has 2 atom stereocenters. The summed E-state index contributed by atoms with van der Waals surface area (Å²) in [5.74, 6) is 0.797. The molecule has 2 fully saturated rings. The van der Waals surface area contributed by atoms with Crippen molar-refractivity contribution in [3.63, 3.8) is 0 Å². The fourth-order valence-corrected chi connectivity index (χ4v) is 3.56. The molecule has 2 aliphatic rings. The maximum atomic E-state index is 12.2. The van der Waals surface area contributed by atoms with Gasteiger partial charge in [-0.25, -0.2) is 0 Å². The Labute approximate surface area is 133 Å². The molecule has 0 aliphatic carbocycles. The second-order valence-corrected chi connectivity index (χ2v) is 6.59. The molecule has 124 valence electrons. The summed E-state index contributed by atoms with van der Waals surface area (Å²) >= 11 is 0. The van der Waals surface area contributed by atoms with E-state index in [1.54, 1.807) is 13.2 Å². The molecule has 2 amide bonds. The third kappa shape index (κ3) is 4.09. The molecule has 2 unspecified atom stereocenters. The van der Waals surface area contributed by atoms with Gasteiger partial charge in [-0.15, -0.1) is 0 Å². The Bertz CT molecular complexity index is 443. The van der Waals surface area contributed by atoms with Crippen LogP contribution in [-0.4, -0.2) is 61.0 Å². The molecule has 5 heteroatoms. The first-order chi connectivity index (χ1) is 10.5. The maximum Gasteiger partial charge on any atom is 0.246 e. The number of methoxy groups -OCH3 is 1. The summed E-state index contributed by atoms with van der Waals surface area (Å²) in [5, 5.41) is 0. The molecule has 0 aromatic carbocycles. The Balaban J connectivity index is 1.97. The van der Waals surface area contributed by atoms with E-state index in [1.165, 1.54) is 0 Å². The lowest BCUT2D eigenvalue weighted by molar-refractivity contribution is -0.143. The molecule has 0 spiro atoms. The zero-order valence-corrected chi connectivity index (χ0v) is 14.0. The SMILES string of the molecule is COCCCN1C(=O)CCC2CN(C(=O)C=C(C)C)CCC21.